The molecule has 0 unspecified atom stereocenters. The van der Waals surface area contributed by atoms with Gasteiger partial charge < -0.3 is 5.11 Å². The molecule has 1 N–H and O–H groups in total. The van der Waals surface area contributed by atoms with Crippen molar-refractivity contribution in [1.29, 1.82) is 0 Å². The average molecular weight is 284 g/mol. The van der Waals surface area contributed by atoms with Crippen LogP contribution in [-0.2, 0) is 0 Å². The highest BCUT2D eigenvalue weighted by atomic mass is 32.2. The summed E-state index contributed by atoms with van der Waals surface area (Å²) in [6.45, 7) is 1.76. The van der Waals surface area contributed by atoms with Crippen molar-refractivity contribution in [1.82, 2.24) is 9.97 Å². The van der Waals surface area contributed by atoms with Gasteiger partial charge in [-0.1, -0.05) is 0 Å². The molecule has 1 aromatic heterocycles. The Morgan fingerprint density at radius 3 is 2.67 bits per heavy atom. The van der Waals surface area contributed by atoms with E-state index in [1.54, 1.807) is 18.7 Å². The molecule has 0 amide bonds. The molecule has 0 aliphatic heterocycles. The zero-order valence-corrected chi connectivity index (χ0v) is 12.1. The smallest absolute Gasteiger partial charge is 0.340 e. The average Bonchev–Trinajstić information content (AvgIpc) is 3.11. The van der Waals surface area contributed by atoms with Gasteiger partial charge >= 0.3 is 5.97 Å². The highest BCUT2D eigenvalue weighted by Gasteiger charge is 2.29. The summed E-state index contributed by atoms with van der Waals surface area (Å²) in [6, 6.07) is 0. The molecule has 0 radical (unpaired) electrons. The third-order valence-corrected chi connectivity index (χ3v) is 4.60. The number of rotatable bonds is 6. The Morgan fingerprint density at radius 1 is 1.39 bits per heavy atom. The van der Waals surface area contributed by atoms with Gasteiger partial charge in [0.1, 0.15) is 16.4 Å². The predicted molar refractivity (Wildman–Crippen MR) is 74.8 cm³/mol. The van der Waals surface area contributed by atoms with E-state index >= 15 is 0 Å². The summed E-state index contributed by atoms with van der Waals surface area (Å²) in [7, 11) is 0. The van der Waals surface area contributed by atoms with Gasteiger partial charge in [-0.15, -0.1) is 11.8 Å². The molecule has 1 saturated carbocycles. The van der Waals surface area contributed by atoms with E-state index in [1.165, 1.54) is 11.8 Å². The first-order chi connectivity index (χ1) is 8.63. The highest BCUT2D eigenvalue weighted by molar-refractivity contribution is 8.02. The van der Waals surface area contributed by atoms with Gasteiger partial charge in [0.25, 0.3) is 0 Å². The predicted octanol–water partition coefficient (Wildman–Crippen LogP) is 2.82. The number of hydrogen-bond donors (Lipinski definition) is 1. The molecule has 6 heteroatoms. The van der Waals surface area contributed by atoms with Crippen molar-refractivity contribution in [3.8, 4) is 0 Å². The minimum Gasteiger partial charge on any atom is -0.478 e. The normalized spacial score (nSPS) is 14.8. The lowest BCUT2D eigenvalue weighted by atomic mass is 10.2. The van der Waals surface area contributed by atoms with Crippen LogP contribution in [0.25, 0.3) is 0 Å². The molecular weight excluding hydrogens is 268 g/mol. The van der Waals surface area contributed by atoms with Gasteiger partial charge in [-0.05, 0) is 26.0 Å². The quantitative estimate of drug-likeness (QED) is 0.492. The third-order valence-electron chi connectivity index (χ3n) is 2.76. The van der Waals surface area contributed by atoms with Crippen molar-refractivity contribution in [2.75, 3.05) is 17.8 Å². The van der Waals surface area contributed by atoms with Gasteiger partial charge in [-0.2, -0.15) is 11.8 Å². The van der Waals surface area contributed by atoms with Crippen LogP contribution in [0.5, 0.6) is 0 Å². The first-order valence-corrected chi connectivity index (χ1v) is 8.25. The van der Waals surface area contributed by atoms with Crippen molar-refractivity contribution in [3.63, 3.8) is 0 Å². The van der Waals surface area contributed by atoms with Gasteiger partial charge in [-0.3, -0.25) is 0 Å². The van der Waals surface area contributed by atoms with Crippen molar-refractivity contribution < 1.29 is 9.90 Å². The van der Waals surface area contributed by atoms with Crippen molar-refractivity contribution >= 4 is 29.5 Å². The molecule has 18 heavy (non-hydrogen) atoms. The maximum Gasteiger partial charge on any atom is 0.340 e. The maximum atomic E-state index is 11.3. The second kappa shape index (κ2) is 5.93. The Balaban J connectivity index is 2.28. The van der Waals surface area contributed by atoms with Crippen LogP contribution in [0, 0.1) is 6.92 Å². The monoisotopic (exact) mass is 284 g/mol. The lowest BCUT2D eigenvalue weighted by Crippen LogP contribution is -2.09. The molecule has 0 saturated heterocycles. The zero-order chi connectivity index (χ0) is 13.1. The van der Waals surface area contributed by atoms with Crippen LogP contribution in [0.3, 0.4) is 0 Å². The van der Waals surface area contributed by atoms with Crippen LogP contribution < -0.4 is 0 Å². The fraction of sp³-hybridized carbons (Fsp3) is 0.583. The van der Waals surface area contributed by atoms with Gasteiger partial charge in [0.05, 0.1) is 5.69 Å². The molecule has 2 rings (SSSR count). The standard InChI is InChI=1S/C12H16N2O2S2/c1-7-9(12(15)16)11(18-6-5-17-2)14-10(13-7)8-3-4-8/h8H,3-6H2,1-2H3,(H,15,16). The van der Waals surface area contributed by atoms with Crippen LogP contribution in [0.1, 0.15) is 40.6 Å². The molecule has 1 aliphatic rings. The molecule has 1 aliphatic carbocycles. The number of carboxylic acid groups (broad SMARTS) is 1. The minimum absolute atomic E-state index is 0.269. The fourth-order valence-corrected chi connectivity index (χ4v) is 3.39. The molecular formula is C12H16N2O2S2. The summed E-state index contributed by atoms with van der Waals surface area (Å²) in [5, 5.41) is 9.88. The van der Waals surface area contributed by atoms with Gasteiger partial charge in [0, 0.05) is 17.4 Å². The Morgan fingerprint density at radius 2 is 2.11 bits per heavy atom. The van der Waals surface area contributed by atoms with Gasteiger partial charge in [0.15, 0.2) is 0 Å². The van der Waals surface area contributed by atoms with Crippen LogP contribution in [0.15, 0.2) is 5.03 Å². The van der Waals surface area contributed by atoms with E-state index in [1.807, 2.05) is 6.26 Å². The molecule has 0 atom stereocenters. The fourth-order valence-electron chi connectivity index (χ4n) is 1.66. The van der Waals surface area contributed by atoms with Crippen molar-refractivity contribution in [2.45, 2.75) is 30.7 Å². The molecule has 1 fully saturated rings. The number of aromatic nitrogens is 2. The number of thioether (sulfide) groups is 2. The van der Waals surface area contributed by atoms with Crippen LogP contribution in [0.2, 0.25) is 0 Å². The van der Waals surface area contributed by atoms with Crippen LogP contribution in [-0.4, -0.2) is 38.8 Å². The van der Waals surface area contributed by atoms with E-state index in [0.29, 0.717) is 16.6 Å². The Hall–Kier alpha value is -0.750. The number of nitrogens with zero attached hydrogens (tertiary/aromatic N) is 2. The Kier molecular flexibility index (Phi) is 4.50. The molecule has 4 nitrogen and oxygen atoms in total. The van der Waals surface area contributed by atoms with E-state index in [-0.39, 0.29) is 5.56 Å². The lowest BCUT2D eigenvalue weighted by molar-refractivity contribution is 0.0690. The molecule has 0 aromatic carbocycles. The highest BCUT2D eigenvalue weighted by Crippen LogP contribution is 2.39. The summed E-state index contributed by atoms with van der Waals surface area (Å²) < 4.78 is 0. The summed E-state index contributed by atoms with van der Waals surface area (Å²) in [4.78, 5) is 20.1. The molecule has 1 heterocycles. The number of hydrogen-bond acceptors (Lipinski definition) is 5. The van der Waals surface area contributed by atoms with E-state index in [4.69, 9.17) is 0 Å². The molecule has 98 valence electrons. The summed E-state index contributed by atoms with van der Waals surface area (Å²) in [6.07, 6.45) is 4.29. The first kappa shape index (κ1) is 13.7. The largest absolute Gasteiger partial charge is 0.478 e. The number of carbonyl (C=O) groups is 1. The maximum absolute atomic E-state index is 11.3. The molecule has 0 bridgehead atoms. The topological polar surface area (TPSA) is 63.1 Å². The summed E-state index contributed by atoms with van der Waals surface area (Å²) in [5.41, 5.74) is 0.858. The lowest BCUT2D eigenvalue weighted by Gasteiger charge is -2.09. The van der Waals surface area contributed by atoms with E-state index < -0.39 is 5.97 Å². The second-order valence-electron chi connectivity index (χ2n) is 4.27. The van der Waals surface area contributed by atoms with Crippen LogP contribution >= 0.6 is 23.5 Å². The van der Waals surface area contributed by atoms with Crippen LogP contribution in [0.4, 0.5) is 0 Å². The third kappa shape index (κ3) is 3.17. The number of aromatic carboxylic acids is 1. The molecule has 1 aromatic rings. The van der Waals surface area contributed by atoms with Gasteiger partial charge in [-0.25, -0.2) is 14.8 Å². The van der Waals surface area contributed by atoms with Gasteiger partial charge in [0.2, 0.25) is 0 Å². The SMILES string of the molecule is CSCCSc1nc(C2CC2)nc(C)c1C(=O)O. The zero-order valence-electron chi connectivity index (χ0n) is 10.5. The number of carboxylic acids is 1. The summed E-state index contributed by atoms with van der Waals surface area (Å²) >= 11 is 3.27. The Labute approximate surface area is 115 Å². The van der Waals surface area contributed by atoms with E-state index in [2.05, 4.69) is 9.97 Å². The van der Waals surface area contributed by atoms with Crippen molar-refractivity contribution in [3.05, 3.63) is 17.1 Å². The number of aryl methyl sites for hydroxylation is 1. The molecule has 0 spiro atoms. The van der Waals surface area contributed by atoms with Crippen molar-refractivity contribution in [2.24, 2.45) is 0 Å². The summed E-state index contributed by atoms with van der Waals surface area (Å²) in [5.74, 6) is 2.21. The second-order valence-corrected chi connectivity index (χ2v) is 6.34. The van der Waals surface area contributed by atoms with E-state index in [9.17, 15) is 9.90 Å². The first-order valence-electron chi connectivity index (χ1n) is 5.87. The van der Waals surface area contributed by atoms with E-state index in [0.717, 1.165) is 30.2 Å². The Bertz CT molecular complexity index is 462. The minimum atomic E-state index is -0.929.